The predicted octanol–water partition coefficient (Wildman–Crippen LogP) is 4.51. The lowest BCUT2D eigenvalue weighted by molar-refractivity contribution is 0.0430. The van der Waals surface area contributed by atoms with E-state index in [4.69, 9.17) is 16.3 Å². The van der Waals surface area contributed by atoms with Gasteiger partial charge in [0.2, 0.25) is 5.88 Å². The summed E-state index contributed by atoms with van der Waals surface area (Å²) in [5, 5.41) is 5.21. The van der Waals surface area contributed by atoms with Crippen LogP contribution in [-0.2, 0) is 6.54 Å². The van der Waals surface area contributed by atoms with E-state index in [2.05, 4.69) is 22.0 Å². The maximum Gasteiger partial charge on any atom is 0.267 e. The second-order valence-corrected chi connectivity index (χ2v) is 9.89. The quantitative estimate of drug-likeness (QED) is 0.515. The molecule has 3 heterocycles. The van der Waals surface area contributed by atoms with Crippen LogP contribution in [0.15, 0.2) is 59.5 Å². The maximum absolute atomic E-state index is 12.3. The first kappa shape index (κ1) is 22.1. The number of piperidine rings is 1. The van der Waals surface area contributed by atoms with Gasteiger partial charge >= 0.3 is 0 Å². The van der Waals surface area contributed by atoms with Crippen molar-refractivity contribution in [1.82, 2.24) is 19.7 Å². The van der Waals surface area contributed by atoms with E-state index in [1.165, 1.54) is 30.4 Å². The number of hydrogen-bond donors (Lipinski definition) is 0. The number of rotatable bonds is 7. The third kappa shape index (κ3) is 5.12. The van der Waals surface area contributed by atoms with Crippen LogP contribution < -0.4 is 10.3 Å². The SMILES string of the molecule is CN1CCC(COc2ccc(-c3ccc(=O)n(Cc4ccc(Cl)cc4)n3)cn2)(C2CC2)CC1. The van der Waals surface area contributed by atoms with Gasteiger partial charge in [-0.25, -0.2) is 9.67 Å². The van der Waals surface area contributed by atoms with Gasteiger partial charge in [-0.05, 0) is 81.6 Å². The van der Waals surface area contributed by atoms with Crippen molar-refractivity contribution in [3.05, 3.63) is 75.7 Å². The average molecular weight is 465 g/mol. The monoisotopic (exact) mass is 464 g/mol. The molecule has 2 aliphatic rings. The molecule has 33 heavy (non-hydrogen) atoms. The standard InChI is InChI=1S/C26H29ClN4O2/c1-30-14-12-26(13-15-30,21-5-6-21)18-33-24-10-4-20(16-28-24)23-9-11-25(32)31(29-23)17-19-2-7-22(27)8-3-19/h2-4,7-11,16,21H,5-6,12-15,17-18H2,1H3. The first-order valence-electron chi connectivity index (χ1n) is 11.6. The van der Waals surface area contributed by atoms with Crippen LogP contribution in [0.4, 0.5) is 0 Å². The number of halogens is 1. The Morgan fingerprint density at radius 1 is 1.06 bits per heavy atom. The fraction of sp³-hybridized carbons (Fsp3) is 0.423. The Bertz CT molecular complexity index is 1150. The molecule has 2 aromatic heterocycles. The Kier molecular flexibility index (Phi) is 6.21. The third-order valence-corrected chi connectivity index (χ3v) is 7.33. The summed E-state index contributed by atoms with van der Waals surface area (Å²) in [5.74, 6) is 1.45. The number of nitrogens with zero attached hydrogens (tertiary/aromatic N) is 4. The van der Waals surface area contributed by atoms with Gasteiger partial charge < -0.3 is 9.64 Å². The van der Waals surface area contributed by atoms with Crippen LogP contribution >= 0.6 is 11.6 Å². The van der Waals surface area contributed by atoms with Crippen molar-refractivity contribution in [3.8, 4) is 17.1 Å². The number of aromatic nitrogens is 3. The molecular formula is C26H29ClN4O2. The van der Waals surface area contributed by atoms with E-state index in [1.54, 1.807) is 18.3 Å². The highest BCUT2D eigenvalue weighted by atomic mass is 35.5. The molecule has 0 N–H and O–H groups in total. The molecule has 0 bridgehead atoms. The van der Waals surface area contributed by atoms with Gasteiger partial charge in [0, 0.05) is 34.3 Å². The maximum atomic E-state index is 12.3. The second kappa shape index (κ2) is 9.27. The van der Waals surface area contributed by atoms with Crippen molar-refractivity contribution in [2.24, 2.45) is 11.3 Å². The van der Waals surface area contributed by atoms with E-state index in [1.807, 2.05) is 36.4 Å². The summed E-state index contributed by atoms with van der Waals surface area (Å²) in [6, 6.07) is 14.6. The molecular weight excluding hydrogens is 436 g/mol. The zero-order chi connectivity index (χ0) is 22.8. The van der Waals surface area contributed by atoms with Gasteiger partial charge in [0.05, 0.1) is 18.8 Å². The fourth-order valence-electron chi connectivity index (χ4n) is 4.74. The number of benzene rings is 1. The van der Waals surface area contributed by atoms with Crippen LogP contribution in [0.2, 0.25) is 5.02 Å². The zero-order valence-electron chi connectivity index (χ0n) is 18.9. The molecule has 172 valence electrons. The predicted molar refractivity (Wildman–Crippen MR) is 130 cm³/mol. The molecule has 2 fully saturated rings. The van der Waals surface area contributed by atoms with Crippen molar-refractivity contribution in [2.75, 3.05) is 26.7 Å². The molecule has 1 aromatic carbocycles. The highest BCUT2D eigenvalue weighted by Gasteiger charge is 2.47. The molecule has 1 aliphatic heterocycles. The Balaban J connectivity index is 1.27. The third-order valence-electron chi connectivity index (χ3n) is 7.08. The van der Waals surface area contributed by atoms with Crippen molar-refractivity contribution in [2.45, 2.75) is 32.2 Å². The molecule has 7 heteroatoms. The minimum absolute atomic E-state index is 0.148. The van der Waals surface area contributed by atoms with Gasteiger partial charge in [-0.15, -0.1) is 0 Å². The molecule has 1 aliphatic carbocycles. The Morgan fingerprint density at radius 2 is 1.82 bits per heavy atom. The summed E-state index contributed by atoms with van der Waals surface area (Å²) in [6.07, 6.45) is 6.83. The summed E-state index contributed by atoms with van der Waals surface area (Å²) in [7, 11) is 2.20. The van der Waals surface area contributed by atoms with E-state index in [-0.39, 0.29) is 5.56 Å². The van der Waals surface area contributed by atoms with E-state index < -0.39 is 0 Å². The van der Waals surface area contributed by atoms with Gasteiger partial charge in [-0.3, -0.25) is 4.79 Å². The van der Waals surface area contributed by atoms with Crippen LogP contribution in [0.1, 0.15) is 31.2 Å². The van der Waals surface area contributed by atoms with Gasteiger partial charge in [0.15, 0.2) is 0 Å². The van der Waals surface area contributed by atoms with Crippen LogP contribution in [0.3, 0.4) is 0 Å². The molecule has 0 spiro atoms. The lowest BCUT2D eigenvalue weighted by atomic mass is 9.75. The molecule has 6 nitrogen and oxygen atoms in total. The Hall–Kier alpha value is -2.70. The molecule has 1 saturated carbocycles. The molecule has 0 amide bonds. The van der Waals surface area contributed by atoms with E-state index >= 15 is 0 Å². The second-order valence-electron chi connectivity index (χ2n) is 9.45. The molecule has 0 unspecified atom stereocenters. The molecule has 5 rings (SSSR count). The Labute approximate surface area is 199 Å². The number of hydrogen-bond acceptors (Lipinski definition) is 5. The van der Waals surface area contributed by atoms with Crippen LogP contribution in [0.5, 0.6) is 5.88 Å². The zero-order valence-corrected chi connectivity index (χ0v) is 19.7. The fourth-order valence-corrected chi connectivity index (χ4v) is 4.87. The molecule has 0 atom stereocenters. The first-order chi connectivity index (χ1) is 16.0. The van der Waals surface area contributed by atoms with Crippen molar-refractivity contribution in [3.63, 3.8) is 0 Å². The van der Waals surface area contributed by atoms with Gasteiger partial charge in [0.1, 0.15) is 0 Å². The largest absolute Gasteiger partial charge is 0.477 e. The summed E-state index contributed by atoms with van der Waals surface area (Å²) >= 11 is 5.96. The van der Waals surface area contributed by atoms with Crippen LogP contribution in [0, 0.1) is 11.3 Å². The Morgan fingerprint density at radius 3 is 2.48 bits per heavy atom. The number of ether oxygens (including phenoxy) is 1. The van der Waals surface area contributed by atoms with Gasteiger partial charge in [-0.1, -0.05) is 23.7 Å². The van der Waals surface area contributed by atoms with Crippen LogP contribution in [-0.4, -0.2) is 46.4 Å². The summed E-state index contributed by atoms with van der Waals surface area (Å²) < 4.78 is 7.65. The molecule has 3 aromatic rings. The van der Waals surface area contributed by atoms with Crippen molar-refractivity contribution < 1.29 is 4.74 Å². The van der Waals surface area contributed by atoms with Crippen LogP contribution in [0.25, 0.3) is 11.3 Å². The minimum Gasteiger partial charge on any atom is -0.477 e. The summed E-state index contributed by atoms with van der Waals surface area (Å²) in [6.45, 7) is 3.41. The van der Waals surface area contributed by atoms with Gasteiger partial charge in [-0.2, -0.15) is 5.10 Å². The van der Waals surface area contributed by atoms with Gasteiger partial charge in [0.25, 0.3) is 5.56 Å². The lowest BCUT2D eigenvalue weighted by Crippen LogP contribution is -2.43. The number of likely N-dealkylation sites (tertiary alicyclic amines) is 1. The summed E-state index contributed by atoms with van der Waals surface area (Å²) in [5.41, 5.74) is 2.67. The first-order valence-corrected chi connectivity index (χ1v) is 12.0. The molecule has 1 saturated heterocycles. The highest BCUT2D eigenvalue weighted by molar-refractivity contribution is 6.30. The normalized spacial score (nSPS) is 18.2. The number of pyridine rings is 1. The summed E-state index contributed by atoms with van der Waals surface area (Å²) in [4.78, 5) is 19.3. The molecule has 0 radical (unpaired) electrons. The van der Waals surface area contributed by atoms with E-state index in [0.29, 0.717) is 28.6 Å². The average Bonchev–Trinajstić information content (AvgIpc) is 3.68. The smallest absolute Gasteiger partial charge is 0.267 e. The van der Waals surface area contributed by atoms with Crippen molar-refractivity contribution >= 4 is 11.6 Å². The van der Waals surface area contributed by atoms with E-state index in [9.17, 15) is 4.79 Å². The minimum atomic E-state index is -0.148. The highest BCUT2D eigenvalue weighted by Crippen LogP contribution is 2.51. The van der Waals surface area contributed by atoms with Crippen molar-refractivity contribution in [1.29, 1.82) is 0 Å². The van der Waals surface area contributed by atoms with E-state index in [0.717, 1.165) is 36.7 Å². The lowest BCUT2D eigenvalue weighted by Gasteiger charge is -2.40. The topological polar surface area (TPSA) is 60.2 Å².